The highest BCUT2D eigenvalue weighted by molar-refractivity contribution is 5.90. The van der Waals surface area contributed by atoms with Crippen LogP contribution in [0.25, 0.3) is 17.2 Å². The molecule has 3 aromatic heterocycles. The van der Waals surface area contributed by atoms with E-state index in [1.54, 1.807) is 10.9 Å². The molecule has 4 aromatic rings. The van der Waals surface area contributed by atoms with Gasteiger partial charge in [-0.05, 0) is 17.3 Å². The number of amides is 1. The number of carbonyl (C=O) groups is 1. The molecule has 3 heterocycles. The van der Waals surface area contributed by atoms with E-state index in [1.165, 1.54) is 4.80 Å². The van der Waals surface area contributed by atoms with Gasteiger partial charge in [-0.3, -0.25) is 4.79 Å². The van der Waals surface area contributed by atoms with Gasteiger partial charge < -0.3 is 5.32 Å². The summed E-state index contributed by atoms with van der Waals surface area (Å²) in [6.45, 7) is 6.12. The fourth-order valence-electron chi connectivity index (χ4n) is 2.81. The number of carbonyl (C=O) groups excluding carboxylic acids is 1. The Hall–Kier alpha value is -3.88. The van der Waals surface area contributed by atoms with Gasteiger partial charge in [0.1, 0.15) is 12.4 Å². The van der Waals surface area contributed by atoms with Crippen molar-refractivity contribution in [2.45, 2.75) is 32.7 Å². The first kappa shape index (κ1) is 19.4. The molecule has 0 atom stereocenters. The molecule has 4 rings (SSSR count). The molecule has 1 N–H and O–H groups in total. The van der Waals surface area contributed by atoms with Crippen LogP contribution in [-0.2, 0) is 16.8 Å². The highest BCUT2D eigenvalue weighted by Crippen LogP contribution is 2.25. The molecule has 0 radical (unpaired) electrons. The van der Waals surface area contributed by atoms with Crippen LogP contribution in [0.5, 0.6) is 0 Å². The summed E-state index contributed by atoms with van der Waals surface area (Å²) < 4.78 is 1.63. The van der Waals surface area contributed by atoms with Gasteiger partial charge in [0.2, 0.25) is 11.7 Å². The second-order valence-electron chi connectivity index (χ2n) is 7.82. The predicted molar refractivity (Wildman–Crippen MR) is 112 cm³/mol. The minimum atomic E-state index is -0.287. The molecule has 0 unspecified atom stereocenters. The Morgan fingerprint density at radius 3 is 2.50 bits per heavy atom. The van der Waals surface area contributed by atoms with Gasteiger partial charge in [0, 0.05) is 23.2 Å². The van der Waals surface area contributed by atoms with E-state index in [4.69, 9.17) is 0 Å². The second kappa shape index (κ2) is 7.86. The number of nitrogens with one attached hydrogen (secondary N) is 1. The monoisotopic (exact) mass is 402 g/mol. The van der Waals surface area contributed by atoms with Crippen molar-refractivity contribution in [3.8, 4) is 17.2 Å². The number of benzene rings is 1. The third-order valence-corrected chi connectivity index (χ3v) is 4.38. The number of anilines is 1. The predicted octanol–water partition coefficient (Wildman–Crippen LogP) is 2.86. The van der Waals surface area contributed by atoms with Gasteiger partial charge in [0.25, 0.3) is 0 Å². The molecule has 30 heavy (non-hydrogen) atoms. The Morgan fingerprint density at radius 2 is 1.80 bits per heavy atom. The van der Waals surface area contributed by atoms with Crippen molar-refractivity contribution in [3.63, 3.8) is 0 Å². The van der Waals surface area contributed by atoms with E-state index in [1.807, 2.05) is 54.6 Å². The van der Waals surface area contributed by atoms with Gasteiger partial charge in [-0.15, -0.1) is 10.2 Å². The van der Waals surface area contributed by atoms with Crippen LogP contribution in [0.4, 0.5) is 5.82 Å². The fraction of sp³-hybridized carbons (Fsp3) is 0.238. The number of rotatable bonds is 5. The molecule has 9 heteroatoms. The molecule has 0 bridgehead atoms. The molecule has 0 spiro atoms. The Balaban J connectivity index is 1.55. The van der Waals surface area contributed by atoms with Crippen molar-refractivity contribution in [2.24, 2.45) is 0 Å². The normalized spacial score (nSPS) is 11.4. The van der Waals surface area contributed by atoms with Crippen LogP contribution >= 0.6 is 0 Å². The molecule has 152 valence electrons. The average Bonchev–Trinajstić information content (AvgIpc) is 3.36. The zero-order valence-electron chi connectivity index (χ0n) is 17.0. The van der Waals surface area contributed by atoms with Crippen molar-refractivity contribution >= 4 is 11.7 Å². The molecule has 0 aliphatic heterocycles. The lowest BCUT2D eigenvalue weighted by atomic mass is 9.92. The minimum Gasteiger partial charge on any atom is -0.309 e. The summed E-state index contributed by atoms with van der Waals surface area (Å²) in [6, 6.07) is 16.9. The van der Waals surface area contributed by atoms with E-state index in [2.05, 4.69) is 51.6 Å². The Bertz CT molecular complexity index is 1140. The summed E-state index contributed by atoms with van der Waals surface area (Å²) in [6.07, 6.45) is 1.68. The van der Waals surface area contributed by atoms with Crippen LogP contribution in [0, 0.1) is 0 Å². The van der Waals surface area contributed by atoms with Crippen molar-refractivity contribution in [1.82, 2.24) is 35.0 Å². The topological polar surface area (TPSA) is 103 Å². The van der Waals surface area contributed by atoms with Crippen molar-refractivity contribution < 1.29 is 4.79 Å². The van der Waals surface area contributed by atoms with E-state index in [-0.39, 0.29) is 17.9 Å². The molecule has 0 saturated heterocycles. The average molecular weight is 402 g/mol. The van der Waals surface area contributed by atoms with Gasteiger partial charge >= 0.3 is 0 Å². The van der Waals surface area contributed by atoms with Crippen LogP contribution in [-0.4, -0.2) is 40.9 Å². The van der Waals surface area contributed by atoms with Crippen LogP contribution in [0.2, 0.25) is 0 Å². The van der Waals surface area contributed by atoms with Gasteiger partial charge in [0.05, 0.1) is 5.69 Å². The lowest BCUT2D eigenvalue weighted by Crippen LogP contribution is -2.22. The summed E-state index contributed by atoms with van der Waals surface area (Å²) in [5.41, 5.74) is 1.50. The fourth-order valence-corrected chi connectivity index (χ4v) is 2.81. The lowest BCUT2D eigenvalue weighted by Gasteiger charge is -2.13. The van der Waals surface area contributed by atoms with Crippen LogP contribution in [0.15, 0.2) is 60.8 Å². The Labute approximate surface area is 173 Å². The maximum absolute atomic E-state index is 12.7. The van der Waals surface area contributed by atoms with Gasteiger partial charge in [-0.25, -0.2) is 4.98 Å². The van der Waals surface area contributed by atoms with E-state index >= 15 is 0 Å². The number of tetrazole rings is 1. The van der Waals surface area contributed by atoms with Crippen molar-refractivity contribution in [1.29, 1.82) is 0 Å². The molecule has 1 amide bonds. The summed E-state index contributed by atoms with van der Waals surface area (Å²) in [7, 11) is 0. The second-order valence-corrected chi connectivity index (χ2v) is 7.82. The standard InChI is InChI=1S/C21H22N8O/c1-21(2,3)16-13-18(29(25-16)17-11-7-8-12-22-17)23-19(30)14-28-26-20(24-27-28)15-9-5-4-6-10-15/h4-13H,14H2,1-3H3,(H,23,30). The van der Waals surface area contributed by atoms with E-state index in [0.29, 0.717) is 17.5 Å². The highest BCUT2D eigenvalue weighted by atomic mass is 16.2. The quantitative estimate of drug-likeness (QED) is 0.551. The zero-order chi connectivity index (χ0) is 21.1. The van der Waals surface area contributed by atoms with Crippen LogP contribution in [0.1, 0.15) is 26.5 Å². The third-order valence-electron chi connectivity index (χ3n) is 4.38. The minimum absolute atomic E-state index is 0.0713. The smallest absolute Gasteiger partial charge is 0.249 e. The Kier molecular flexibility index (Phi) is 5.09. The number of hydrogen-bond donors (Lipinski definition) is 1. The lowest BCUT2D eigenvalue weighted by molar-refractivity contribution is -0.117. The molecular formula is C21H22N8O. The summed E-state index contributed by atoms with van der Waals surface area (Å²) in [4.78, 5) is 18.3. The summed E-state index contributed by atoms with van der Waals surface area (Å²) in [5, 5.41) is 19.8. The molecular weight excluding hydrogens is 380 g/mol. The van der Waals surface area contributed by atoms with Crippen molar-refractivity contribution in [3.05, 3.63) is 66.5 Å². The highest BCUT2D eigenvalue weighted by Gasteiger charge is 2.22. The van der Waals surface area contributed by atoms with Gasteiger partial charge in [-0.2, -0.15) is 14.6 Å². The van der Waals surface area contributed by atoms with E-state index in [0.717, 1.165) is 11.3 Å². The van der Waals surface area contributed by atoms with Crippen LogP contribution < -0.4 is 5.32 Å². The first-order chi connectivity index (χ1) is 14.4. The van der Waals surface area contributed by atoms with Gasteiger partial charge in [-0.1, -0.05) is 57.2 Å². The number of pyridine rings is 1. The molecule has 0 aliphatic rings. The number of hydrogen-bond acceptors (Lipinski definition) is 6. The van der Waals surface area contributed by atoms with E-state index in [9.17, 15) is 4.79 Å². The summed E-state index contributed by atoms with van der Waals surface area (Å²) in [5.74, 6) is 1.34. The molecule has 0 saturated carbocycles. The van der Waals surface area contributed by atoms with E-state index < -0.39 is 0 Å². The number of nitrogens with zero attached hydrogens (tertiary/aromatic N) is 7. The zero-order valence-corrected chi connectivity index (χ0v) is 17.0. The third kappa shape index (κ3) is 4.24. The number of aromatic nitrogens is 7. The first-order valence-electron chi connectivity index (χ1n) is 9.55. The SMILES string of the molecule is CC(C)(C)c1cc(NC(=O)Cn2nnc(-c3ccccc3)n2)n(-c2ccccn2)n1. The maximum atomic E-state index is 12.7. The summed E-state index contributed by atoms with van der Waals surface area (Å²) >= 11 is 0. The maximum Gasteiger partial charge on any atom is 0.249 e. The Morgan fingerprint density at radius 1 is 1.03 bits per heavy atom. The molecule has 0 fully saturated rings. The van der Waals surface area contributed by atoms with Crippen LogP contribution in [0.3, 0.4) is 0 Å². The molecule has 0 aliphatic carbocycles. The first-order valence-corrected chi connectivity index (χ1v) is 9.55. The van der Waals surface area contributed by atoms with Gasteiger partial charge in [0.15, 0.2) is 5.82 Å². The largest absolute Gasteiger partial charge is 0.309 e. The van der Waals surface area contributed by atoms with Crippen molar-refractivity contribution in [2.75, 3.05) is 5.32 Å². The molecule has 1 aromatic carbocycles. The molecule has 9 nitrogen and oxygen atoms in total.